The van der Waals surface area contributed by atoms with Gasteiger partial charge in [0.15, 0.2) is 0 Å². The van der Waals surface area contributed by atoms with Gasteiger partial charge < -0.3 is 0 Å². The highest BCUT2D eigenvalue weighted by molar-refractivity contribution is 5.29. The molecule has 1 saturated carbocycles. The summed E-state index contributed by atoms with van der Waals surface area (Å²) >= 11 is 0. The van der Waals surface area contributed by atoms with Crippen LogP contribution in [-0.4, -0.2) is 22.7 Å². The average Bonchev–Trinajstić information content (AvgIpc) is 2.73. The molecule has 2 aliphatic rings. The Morgan fingerprint density at radius 2 is 1.48 bits per heavy atom. The van der Waals surface area contributed by atoms with Gasteiger partial charge in [0.1, 0.15) is 0 Å². The highest BCUT2D eigenvalue weighted by Crippen LogP contribution is 2.46. The number of benzene rings is 1. The van der Waals surface area contributed by atoms with E-state index in [9.17, 15) is 0 Å². The van der Waals surface area contributed by atoms with E-state index in [0.29, 0.717) is 12.5 Å². The number of hydrogen-bond donors (Lipinski definition) is 0. The zero-order chi connectivity index (χ0) is 22.5. The van der Waals surface area contributed by atoms with Crippen LogP contribution in [0, 0.1) is 5.92 Å². The summed E-state index contributed by atoms with van der Waals surface area (Å²) in [4.78, 5) is 6.10. The Balaban J connectivity index is 1.61. The van der Waals surface area contributed by atoms with Crippen LogP contribution in [0.15, 0.2) is 49.1 Å². The summed E-state index contributed by atoms with van der Waals surface area (Å²) in [6.45, 7) is 15.8. The van der Waals surface area contributed by atoms with Crippen molar-refractivity contribution in [2.24, 2.45) is 5.92 Å². The molecule has 0 amide bonds. The second-order valence-electron chi connectivity index (χ2n) is 11.1. The van der Waals surface area contributed by atoms with Crippen molar-refractivity contribution in [2.75, 3.05) is 6.61 Å². The SMILES string of the molecule is C=CCON1C(C)(C)CC(c2ccc(C3CCC(CC/C=C/C)CC3)cc2)CC1(C)C. The molecule has 1 aliphatic carbocycles. The standard InChI is InChI=1S/C29H45NO/c1-7-9-10-11-23-12-14-24(15-13-23)25-16-18-26(19-17-25)27-21-28(3,4)30(31-20-8-2)29(5,6)22-27/h7-9,16-19,23-24,27H,2,10-15,20-22H2,1,3-6H3/b9-7+. The van der Waals surface area contributed by atoms with Gasteiger partial charge in [0.25, 0.3) is 0 Å². The lowest BCUT2D eigenvalue weighted by Gasteiger charge is -2.54. The van der Waals surface area contributed by atoms with E-state index in [0.717, 1.165) is 24.7 Å². The van der Waals surface area contributed by atoms with Crippen LogP contribution in [0.25, 0.3) is 0 Å². The van der Waals surface area contributed by atoms with E-state index in [4.69, 9.17) is 4.84 Å². The van der Waals surface area contributed by atoms with Gasteiger partial charge in [-0.25, -0.2) is 0 Å². The van der Waals surface area contributed by atoms with Crippen LogP contribution >= 0.6 is 0 Å². The highest BCUT2D eigenvalue weighted by atomic mass is 16.7. The van der Waals surface area contributed by atoms with Crippen LogP contribution in [-0.2, 0) is 4.84 Å². The van der Waals surface area contributed by atoms with Crippen LogP contribution in [0.3, 0.4) is 0 Å². The molecule has 1 aromatic rings. The molecule has 2 fully saturated rings. The van der Waals surface area contributed by atoms with Crippen molar-refractivity contribution in [3.63, 3.8) is 0 Å². The van der Waals surface area contributed by atoms with Crippen LogP contribution in [0.4, 0.5) is 0 Å². The third-order valence-corrected chi connectivity index (χ3v) is 7.62. The molecule has 2 heteroatoms. The van der Waals surface area contributed by atoms with E-state index < -0.39 is 0 Å². The van der Waals surface area contributed by atoms with Gasteiger partial charge in [0, 0.05) is 11.1 Å². The number of hydroxylamine groups is 2. The molecule has 1 saturated heterocycles. The molecule has 0 unspecified atom stereocenters. The average molecular weight is 424 g/mol. The van der Waals surface area contributed by atoms with Crippen molar-refractivity contribution in [1.29, 1.82) is 0 Å². The third-order valence-electron chi connectivity index (χ3n) is 7.62. The fraction of sp³-hybridized carbons (Fsp3) is 0.655. The summed E-state index contributed by atoms with van der Waals surface area (Å²) in [7, 11) is 0. The molecule has 0 bridgehead atoms. The smallest absolute Gasteiger partial charge is 0.0864 e. The molecule has 0 atom stereocenters. The largest absolute Gasteiger partial charge is 0.294 e. The Morgan fingerprint density at radius 3 is 2.00 bits per heavy atom. The summed E-state index contributed by atoms with van der Waals surface area (Å²) in [5.74, 6) is 2.27. The first-order chi connectivity index (χ1) is 14.8. The Hall–Kier alpha value is -1.38. The zero-order valence-electron chi connectivity index (χ0n) is 20.7. The van der Waals surface area contributed by atoms with E-state index in [1.54, 1.807) is 5.56 Å². The molecular weight excluding hydrogens is 378 g/mol. The second-order valence-corrected chi connectivity index (χ2v) is 11.1. The minimum Gasteiger partial charge on any atom is -0.294 e. The molecule has 1 aliphatic heterocycles. The fourth-order valence-electron chi connectivity index (χ4n) is 6.30. The molecule has 2 nitrogen and oxygen atoms in total. The zero-order valence-corrected chi connectivity index (χ0v) is 20.7. The van der Waals surface area contributed by atoms with E-state index in [2.05, 4.69) is 82.7 Å². The summed E-state index contributed by atoms with van der Waals surface area (Å²) in [6, 6.07) is 9.70. The highest BCUT2D eigenvalue weighted by Gasteiger charge is 2.46. The Labute approximate surface area is 191 Å². The summed E-state index contributed by atoms with van der Waals surface area (Å²) < 4.78 is 0. The predicted molar refractivity (Wildman–Crippen MR) is 133 cm³/mol. The molecule has 1 heterocycles. The molecule has 0 spiro atoms. The maximum absolute atomic E-state index is 6.10. The van der Waals surface area contributed by atoms with Crippen LogP contribution < -0.4 is 0 Å². The Bertz CT molecular complexity index is 704. The molecular formula is C29H45NO. The predicted octanol–water partition coefficient (Wildman–Crippen LogP) is 8.17. The maximum Gasteiger partial charge on any atom is 0.0864 e. The Morgan fingerprint density at radius 1 is 0.935 bits per heavy atom. The van der Waals surface area contributed by atoms with Crippen molar-refractivity contribution >= 4 is 0 Å². The van der Waals surface area contributed by atoms with Gasteiger partial charge >= 0.3 is 0 Å². The van der Waals surface area contributed by atoms with Crippen LogP contribution in [0.1, 0.15) is 109 Å². The van der Waals surface area contributed by atoms with Crippen molar-refractivity contribution in [2.45, 2.75) is 109 Å². The van der Waals surface area contributed by atoms with E-state index >= 15 is 0 Å². The van der Waals surface area contributed by atoms with E-state index in [-0.39, 0.29) is 11.1 Å². The quantitative estimate of drug-likeness (QED) is 0.391. The molecule has 31 heavy (non-hydrogen) atoms. The summed E-state index contributed by atoms with van der Waals surface area (Å²) in [6.07, 6.45) is 16.7. The van der Waals surface area contributed by atoms with Crippen molar-refractivity contribution in [3.05, 3.63) is 60.2 Å². The fourth-order valence-corrected chi connectivity index (χ4v) is 6.30. The summed E-state index contributed by atoms with van der Waals surface area (Å²) in [5, 5.41) is 2.22. The monoisotopic (exact) mass is 423 g/mol. The number of hydrogen-bond acceptors (Lipinski definition) is 2. The van der Waals surface area contributed by atoms with Gasteiger partial charge in [-0.15, -0.1) is 6.58 Å². The molecule has 0 aromatic heterocycles. The van der Waals surface area contributed by atoms with Crippen molar-refractivity contribution in [3.8, 4) is 0 Å². The third kappa shape index (κ3) is 6.11. The summed E-state index contributed by atoms with van der Waals surface area (Å²) in [5.41, 5.74) is 3.05. The first-order valence-electron chi connectivity index (χ1n) is 12.5. The van der Waals surface area contributed by atoms with Gasteiger partial charge in [0.05, 0.1) is 6.61 Å². The van der Waals surface area contributed by atoms with E-state index in [1.807, 2.05) is 6.08 Å². The second kappa shape index (κ2) is 10.5. The van der Waals surface area contributed by atoms with Gasteiger partial charge in [-0.05, 0) is 115 Å². The number of nitrogens with zero attached hydrogens (tertiary/aromatic N) is 1. The first kappa shape index (κ1) is 24.3. The van der Waals surface area contributed by atoms with Crippen molar-refractivity contribution < 1.29 is 4.84 Å². The van der Waals surface area contributed by atoms with Gasteiger partial charge in [-0.2, -0.15) is 5.06 Å². The van der Waals surface area contributed by atoms with Crippen LogP contribution in [0.2, 0.25) is 0 Å². The first-order valence-corrected chi connectivity index (χ1v) is 12.5. The van der Waals surface area contributed by atoms with E-state index in [1.165, 1.54) is 44.1 Å². The number of allylic oxidation sites excluding steroid dienone is 2. The minimum absolute atomic E-state index is 0.000551. The lowest BCUT2D eigenvalue weighted by molar-refractivity contribution is -0.277. The van der Waals surface area contributed by atoms with Gasteiger partial charge in [0.2, 0.25) is 0 Å². The normalized spacial score (nSPS) is 26.9. The lowest BCUT2D eigenvalue weighted by atomic mass is 9.72. The Kier molecular flexibility index (Phi) is 8.21. The molecule has 0 N–H and O–H groups in total. The number of rotatable bonds is 8. The molecule has 172 valence electrons. The molecule has 0 radical (unpaired) electrons. The maximum atomic E-state index is 6.10. The minimum atomic E-state index is -0.000551. The topological polar surface area (TPSA) is 12.5 Å². The van der Waals surface area contributed by atoms with Crippen molar-refractivity contribution in [1.82, 2.24) is 5.06 Å². The molecule has 3 rings (SSSR count). The van der Waals surface area contributed by atoms with Crippen LogP contribution in [0.5, 0.6) is 0 Å². The number of piperidine rings is 1. The lowest BCUT2D eigenvalue weighted by Crippen LogP contribution is -2.59. The van der Waals surface area contributed by atoms with Gasteiger partial charge in [-0.1, -0.05) is 42.5 Å². The molecule has 1 aromatic carbocycles. The van der Waals surface area contributed by atoms with Gasteiger partial charge in [-0.3, -0.25) is 4.84 Å².